The van der Waals surface area contributed by atoms with Crippen LogP contribution < -0.4 is 10.6 Å². The van der Waals surface area contributed by atoms with Crippen molar-refractivity contribution in [3.05, 3.63) is 29.8 Å². The van der Waals surface area contributed by atoms with Crippen molar-refractivity contribution in [3.8, 4) is 0 Å². The summed E-state index contributed by atoms with van der Waals surface area (Å²) < 4.78 is 0. The Kier molecular flexibility index (Phi) is 2.21. The Morgan fingerprint density at radius 3 is 2.94 bits per heavy atom. The molecule has 1 aliphatic heterocycles. The molecule has 1 saturated carbocycles. The molecule has 3 rings (SSSR count). The Morgan fingerprint density at radius 2 is 2.19 bits per heavy atom. The van der Waals surface area contributed by atoms with Crippen LogP contribution in [0.3, 0.4) is 0 Å². The summed E-state index contributed by atoms with van der Waals surface area (Å²) in [6.07, 6.45) is 3.55. The maximum Gasteiger partial charge on any atom is 0.0399 e. The first-order valence-electron chi connectivity index (χ1n) is 6.31. The Bertz CT molecular complexity index is 401. The van der Waals surface area contributed by atoms with Gasteiger partial charge in [0, 0.05) is 24.3 Å². The van der Waals surface area contributed by atoms with Crippen molar-refractivity contribution >= 4 is 5.69 Å². The van der Waals surface area contributed by atoms with Gasteiger partial charge in [0.2, 0.25) is 0 Å². The van der Waals surface area contributed by atoms with Gasteiger partial charge in [-0.3, -0.25) is 0 Å². The van der Waals surface area contributed by atoms with Crippen LogP contribution in [0, 0.1) is 5.92 Å². The Labute approximate surface area is 97.4 Å². The third kappa shape index (κ3) is 1.61. The third-order valence-electron chi connectivity index (χ3n) is 4.34. The van der Waals surface area contributed by atoms with Crippen LogP contribution in [0.4, 0.5) is 5.69 Å². The number of anilines is 1. The summed E-state index contributed by atoms with van der Waals surface area (Å²) in [4.78, 5) is 2.50. The zero-order valence-corrected chi connectivity index (χ0v) is 9.95. The van der Waals surface area contributed by atoms with Crippen molar-refractivity contribution in [2.75, 3.05) is 18.0 Å². The van der Waals surface area contributed by atoms with Crippen molar-refractivity contribution in [1.29, 1.82) is 0 Å². The van der Waals surface area contributed by atoms with Crippen molar-refractivity contribution in [2.24, 2.45) is 11.7 Å². The van der Waals surface area contributed by atoms with Crippen molar-refractivity contribution in [2.45, 2.75) is 31.7 Å². The summed E-state index contributed by atoms with van der Waals surface area (Å²) in [6.45, 7) is 4.56. The van der Waals surface area contributed by atoms with E-state index in [9.17, 15) is 0 Å². The molecule has 0 amide bonds. The van der Waals surface area contributed by atoms with Gasteiger partial charge in [0.25, 0.3) is 0 Å². The van der Waals surface area contributed by atoms with Gasteiger partial charge in [0.1, 0.15) is 0 Å². The summed E-state index contributed by atoms with van der Waals surface area (Å²) >= 11 is 0. The topological polar surface area (TPSA) is 29.3 Å². The van der Waals surface area contributed by atoms with E-state index in [1.54, 1.807) is 0 Å². The molecule has 0 radical (unpaired) electrons. The molecule has 1 aromatic carbocycles. The van der Waals surface area contributed by atoms with E-state index < -0.39 is 0 Å². The lowest BCUT2D eigenvalue weighted by molar-refractivity contribution is 0.559. The van der Waals surface area contributed by atoms with Gasteiger partial charge >= 0.3 is 0 Å². The van der Waals surface area contributed by atoms with Crippen LogP contribution in [0.25, 0.3) is 0 Å². The fourth-order valence-electron chi connectivity index (χ4n) is 2.84. The zero-order chi connectivity index (χ0) is 11.2. The largest absolute Gasteiger partial charge is 0.371 e. The lowest BCUT2D eigenvalue weighted by Gasteiger charge is -2.21. The highest BCUT2D eigenvalue weighted by Gasteiger charge is 2.47. The number of hydrogen-bond acceptors (Lipinski definition) is 2. The maximum atomic E-state index is 6.26. The van der Waals surface area contributed by atoms with Gasteiger partial charge < -0.3 is 10.6 Å². The SMILES string of the molecule is CC1CC1(N)CCN1CCc2ccccc21. The summed E-state index contributed by atoms with van der Waals surface area (Å²) in [6, 6.07) is 8.75. The summed E-state index contributed by atoms with van der Waals surface area (Å²) in [5, 5.41) is 0. The minimum Gasteiger partial charge on any atom is -0.371 e. The van der Waals surface area contributed by atoms with E-state index in [1.807, 2.05) is 0 Å². The highest BCUT2D eigenvalue weighted by atomic mass is 15.1. The summed E-state index contributed by atoms with van der Waals surface area (Å²) in [7, 11) is 0. The molecule has 1 fully saturated rings. The van der Waals surface area contributed by atoms with Crippen molar-refractivity contribution in [1.82, 2.24) is 0 Å². The van der Waals surface area contributed by atoms with Gasteiger partial charge in [0.05, 0.1) is 0 Å². The minimum atomic E-state index is 0.150. The van der Waals surface area contributed by atoms with Gasteiger partial charge in [-0.1, -0.05) is 25.1 Å². The van der Waals surface area contributed by atoms with E-state index in [1.165, 1.54) is 30.6 Å². The molecule has 2 nitrogen and oxygen atoms in total. The molecule has 2 atom stereocenters. The van der Waals surface area contributed by atoms with Crippen LogP contribution in [0.15, 0.2) is 24.3 Å². The molecule has 2 aliphatic rings. The average molecular weight is 216 g/mol. The van der Waals surface area contributed by atoms with Gasteiger partial charge in [-0.25, -0.2) is 0 Å². The predicted molar refractivity (Wildman–Crippen MR) is 67.7 cm³/mol. The fraction of sp³-hybridized carbons (Fsp3) is 0.571. The maximum absolute atomic E-state index is 6.26. The van der Waals surface area contributed by atoms with E-state index in [2.05, 4.69) is 36.1 Å². The second kappa shape index (κ2) is 3.49. The standard InChI is InChI=1S/C14H20N2/c1-11-10-14(11,15)7-9-16-8-6-12-4-2-3-5-13(12)16/h2-5,11H,6-10,15H2,1H3. The van der Waals surface area contributed by atoms with Crippen molar-refractivity contribution in [3.63, 3.8) is 0 Å². The quantitative estimate of drug-likeness (QED) is 0.839. The van der Waals surface area contributed by atoms with Crippen molar-refractivity contribution < 1.29 is 0 Å². The molecule has 1 aromatic rings. The first kappa shape index (κ1) is 10.2. The number of hydrogen-bond donors (Lipinski definition) is 1. The second-order valence-electron chi connectivity index (χ2n) is 5.45. The molecule has 2 N–H and O–H groups in total. The molecule has 0 saturated heterocycles. The average Bonchev–Trinajstić information content (AvgIpc) is 2.75. The fourth-order valence-corrected chi connectivity index (χ4v) is 2.84. The smallest absolute Gasteiger partial charge is 0.0399 e. The van der Waals surface area contributed by atoms with E-state index in [-0.39, 0.29) is 5.54 Å². The lowest BCUT2D eigenvalue weighted by atomic mass is 10.1. The van der Waals surface area contributed by atoms with Gasteiger partial charge in [-0.2, -0.15) is 0 Å². The number of para-hydroxylation sites is 1. The Morgan fingerprint density at radius 1 is 1.44 bits per heavy atom. The first-order valence-corrected chi connectivity index (χ1v) is 6.31. The summed E-state index contributed by atoms with van der Waals surface area (Å²) in [5.41, 5.74) is 9.34. The molecule has 16 heavy (non-hydrogen) atoms. The van der Waals surface area contributed by atoms with Crippen LogP contribution in [0.2, 0.25) is 0 Å². The van der Waals surface area contributed by atoms with E-state index in [0.29, 0.717) is 0 Å². The predicted octanol–water partition coefficient (Wildman–Crippen LogP) is 2.18. The normalized spacial score (nSPS) is 31.6. The van der Waals surface area contributed by atoms with E-state index in [0.717, 1.165) is 18.9 Å². The van der Waals surface area contributed by atoms with Gasteiger partial charge in [0.15, 0.2) is 0 Å². The third-order valence-corrected chi connectivity index (χ3v) is 4.34. The lowest BCUT2D eigenvalue weighted by Crippen LogP contribution is -2.32. The van der Waals surface area contributed by atoms with E-state index >= 15 is 0 Å². The van der Waals surface area contributed by atoms with E-state index in [4.69, 9.17) is 5.73 Å². The molecule has 86 valence electrons. The molecular weight excluding hydrogens is 196 g/mol. The summed E-state index contributed by atoms with van der Waals surface area (Å²) in [5.74, 6) is 0.727. The van der Waals surface area contributed by atoms with Crippen LogP contribution in [-0.4, -0.2) is 18.6 Å². The Hall–Kier alpha value is -1.02. The number of benzene rings is 1. The molecule has 1 aliphatic carbocycles. The number of fused-ring (bicyclic) bond motifs is 1. The second-order valence-corrected chi connectivity index (χ2v) is 5.45. The highest BCUT2D eigenvalue weighted by Crippen LogP contribution is 2.43. The van der Waals surface area contributed by atoms with Crippen LogP contribution >= 0.6 is 0 Å². The molecule has 0 aromatic heterocycles. The van der Waals surface area contributed by atoms with Gasteiger partial charge in [-0.05, 0) is 36.8 Å². The number of nitrogens with two attached hydrogens (primary N) is 1. The first-order chi connectivity index (χ1) is 7.69. The molecule has 2 heteroatoms. The van der Waals surface area contributed by atoms with Crippen LogP contribution in [-0.2, 0) is 6.42 Å². The number of nitrogens with zero attached hydrogens (tertiary/aromatic N) is 1. The van der Waals surface area contributed by atoms with Crippen LogP contribution in [0.1, 0.15) is 25.3 Å². The van der Waals surface area contributed by atoms with Gasteiger partial charge in [-0.15, -0.1) is 0 Å². The molecule has 0 spiro atoms. The highest BCUT2D eigenvalue weighted by molar-refractivity contribution is 5.57. The monoisotopic (exact) mass is 216 g/mol. The molecular formula is C14H20N2. The number of rotatable bonds is 3. The Balaban J connectivity index is 1.65. The minimum absolute atomic E-state index is 0.150. The zero-order valence-electron chi connectivity index (χ0n) is 9.95. The molecule has 0 bridgehead atoms. The molecule has 1 heterocycles. The van der Waals surface area contributed by atoms with Crippen LogP contribution in [0.5, 0.6) is 0 Å². The molecule has 2 unspecified atom stereocenters.